The SMILES string of the molecule is CC(=O)CCc1scnc1C1CC1. The van der Waals surface area contributed by atoms with Gasteiger partial charge in [0.05, 0.1) is 11.2 Å². The third-order valence-electron chi connectivity index (χ3n) is 2.34. The summed E-state index contributed by atoms with van der Waals surface area (Å²) >= 11 is 1.70. The number of aromatic nitrogens is 1. The summed E-state index contributed by atoms with van der Waals surface area (Å²) in [5.74, 6) is 0.989. The van der Waals surface area contributed by atoms with Crippen molar-refractivity contribution >= 4 is 17.1 Å². The predicted octanol–water partition coefficient (Wildman–Crippen LogP) is 2.54. The van der Waals surface area contributed by atoms with Crippen molar-refractivity contribution in [3.8, 4) is 0 Å². The third kappa shape index (κ3) is 2.15. The number of hydrogen-bond acceptors (Lipinski definition) is 3. The van der Waals surface area contributed by atoms with Gasteiger partial charge in [0.2, 0.25) is 0 Å². The molecule has 3 heteroatoms. The van der Waals surface area contributed by atoms with Gasteiger partial charge in [-0.1, -0.05) is 0 Å². The summed E-state index contributed by atoms with van der Waals surface area (Å²) in [6.07, 6.45) is 4.14. The largest absolute Gasteiger partial charge is 0.300 e. The van der Waals surface area contributed by atoms with Crippen molar-refractivity contribution in [1.29, 1.82) is 0 Å². The summed E-state index contributed by atoms with van der Waals surface area (Å²) in [6, 6.07) is 0. The van der Waals surface area contributed by atoms with Crippen LogP contribution in [-0.4, -0.2) is 10.8 Å². The molecular weight excluding hydrogens is 182 g/mol. The minimum Gasteiger partial charge on any atom is -0.300 e. The molecule has 1 aromatic heterocycles. The fraction of sp³-hybridized carbons (Fsp3) is 0.600. The first kappa shape index (κ1) is 8.88. The summed E-state index contributed by atoms with van der Waals surface area (Å²) in [6.45, 7) is 1.65. The highest BCUT2D eigenvalue weighted by Gasteiger charge is 2.28. The van der Waals surface area contributed by atoms with Crippen LogP contribution >= 0.6 is 11.3 Å². The number of thiazole rings is 1. The summed E-state index contributed by atoms with van der Waals surface area (Å²) in [5, 5.41) is 0. The minimum atomic E-state index is 0.273. The Balaban J connectivity index is 2.02. The van der Waals surface area contributed by atoms with Gasteiger partial charge in [-0.15, -0.1) is 11.3 Å². The molecule has 0 bridgehead atoms. The molecule has 0 aromatic carbocycles. The lowest BCUT2D eigenvalue weighted by Gasteiger charge is -1.97. The van der Waals surface area contributed by atoms with E-state index in [0.717, 1.165) is 6.42 Å². The Kier molecular flexibility index (Phi) is 2.44. The highest BCUT2D eigenvalue weighted by atomic mass is 32.1. The monoisotopic (exact) mass is 195 g/mol. The quantitative estimate of drug-likeness (QED) is 0.739. The molecule has 70 valence electrons. The fourth-order valence-corrected chi connectivity index (χ4v) is 2.30. The summed E-state index contributed by atoms with van der Waals surface area (Å²) < 4.78 is 0. The van der Waals surface area contributed by atoms with E-state index in [1.165, 1.54) is 23.4 Å². The van der Waals surface area contributed by atoms with Gasteiger partial charge in [0.25, 0.3) is 0 Å². The number of Topliss-reactive ketones (excluding diaryl/α,β-unsaturated/α-hetero) is 1. The van der Waals surface area contributed by atoms with Crippen molar-refractivity contribution in [3.63, 3.8) is 0 Å². The van der Waals surface area contributed by atoms with Crippen molar-refractivity contribution in [2.24, 2.45) is 0 Å². The molecule has 1 saturated carbocycles. The van der Waals surface area contributed by atoms with Crippen LogP contribution in [0.1, 0.15) is 42.7 Å². The lowest BCUT2D eigenvalue weighted by Crippen LogP contribution is -1.95. The maximum atomic E-state index is 10.8. The lowest BCUT2D eigenvalue weighted by molar-refractivity contribution is -0.116. The Morgan fingerprint density at radius 1 is 1.69 bits per heavy atom. The molecule has 0 atom stereocenters. The summed E-state index contributed by atoms with van der Waals surface area (Å²) in [7, 11) is 0. The molecule has 0 amide bonds. The highest BCUT2D eigenvalue weighted by Crippen LogP contribution is 2.42. The van der Waals surface area contributed by atoms with Crippen molar-refractivity contribution in [3.05, 3.63) is 16.1 Å². The normalized spacial score (nSPS) is 16.1. The van der Waals surface area contributed by atoms with Crippen LogP contribution in [0.25, 0.3) is 0 Å². The molecule has 2 rings (SSSR count). The van der Waals surface area contributed by atoms with Gasteiger partial charge in [0, 0.05) is 17.2 Å². The smallest absolute Gasteiger partial charge is 0.130 e. The van der Waals surface area contributed by atoms with Crippen LogP contribution < -0.4 is 0 Å². The van der Waals surface area contributed by atoms with E-state index in [0.29, 0.717) is 12.3 Å². The Morgan fingerprint density at radius 3 is 3.08 bits per heavy atom. The molecule has 0 aliphatic heterocycles. The maximum absolute atomic E-state index is 10.8. The zero-order valence-electron chi connectivity index (χ0n) is 7.75. The number of carbonyl (C=O) groups is 1. The topological polar surface area (TPSA) is 30.0 Å². The van der Waals surface area contributed by atoms with Gasteiger partial charge < -0.3 is 4.79 Å². The van der Waals surface area contributed by atoms with E-state index in [1.807, 2.05) is 5.51 Å². The minimum absolute atomic E-state index is 0.273. The number of hydrogen-bond donors (Lipinski definition) is 0. The van der Waals surface area contributed by atoms with E-state index >= 15 is 0 Å². The van der Waals surface area contributed by atoms with E-state index in [9.17, 15) is 4.79 Å². The average molecular weight is 195 g/mol. The predicted molar refractivity (Wildman–Crippen MR) is 53.1 cm³/mol. The standard InChI is InChI=1S/C10H13NOS/c1-7(12)2-5-9-10(8-3-4-8)11-6-13-9/h6,8H,2-5H2,1H3. The second-order valence-corrected chi connectivity index (χ2v) is 4.58. The van der Waals surface area contributed by atoms with Gasteiger partial charge in [-0.25, -0.2) is 4.98 Å². The van der Waals surface area contributed by atoms with Crippen LogP contribution in [-0.2, 0) is 11.2 Å². The van der Waals surface area contributed by atoms with E-state index in [2.05, 4.69) is 4.98 Å². The fourth-order valence-electron chi connectivity index (χ4n) is 1.45. The molecule has 1 fully saturated rings. The van der Waals surface area contributed by atoms with Crippen LogP contribution in [0, 0.1) is 0 Å². The second kappa shape index (κ2) is 3.58. The van der Waals surface area contributed by atoms with E-state index in [1.54, 1.807) is 18.3 Å². The number of carbonyl (C=O) groups excluding carboxylic acids is 1. The van der Waals surface area contributed by atoms with Gasteiger partial charge in [0.1, 0.15) is 5.78 Å². The van der Waals surface area contributed by atoms with Crippen molar-refractivity contribution in [2.45, 2.75) is 38.5 Å². The molecule has 1 aliphatic rings. The van der Waals surface area contributed by atoms with Gasteiger partial charge in [-0.2, -0.15) is 0 Å². The highest BCUT2D eigenvalue weighted by molar-refractivity contribution is 7.09. The van der Waals surface area contributed by atoms with Crippen LogP contribution in [0.3, 0.4) is 0 Å². The van der Waals surface area contributed by atoms with Gasteiger partial charge in [-0.3, -0.25) is 0 Å². The molecule has 0 unspecified atom stereocenters. The molecular formula is C10H13NOS. The van der Waals surface area contributed by atoms with Crippen LogP contribution in [0.2, 0.25) is 0 Å². The van der Waals surface area contributed by atoms with Gasteiger partial charge >= 0.3 is 0 Å². The first-order valence-corrected chi connectivity index (χ1v) is 5.57. The molecule has 1 aliphatic carbocycles. The molecule has 1 heterocycles. The molecule has 0 spiro atoms. The van der Waals surface area contributed by atoms with Crippen molar-refractivity contribution in [2.75, 3.05) is 0 Å². The number of ketones is 1. The number of rotatable bonds is 4. The molecule has 13 heavy (non-hydrogen) atoms. The van der Waals surface area contributed by atoms with Crippen molar-refractivity contribution < 1.29 is 4.79 Å². The zero-order valence-corrected chi connectivity index (χ0v) is 8.56. The molecule has 2 nitrogen and oxygen atoms in total. The summed E-state index contributed by atoms with van der Waals surface area (Å²) in [5.41, 5.74) is 3.18. The zero-order chi connectivity index (χ0) is 9.26. The molecule has 0 saturated heterocycles. The van der Waals surface area contributed by atoms with E-state index in [4.69, 9.17) is 0 Å². The maximum Gasteiger partial charge on any atom is 0.130 e. The third-order valence-corrected chi connectivity index (χ3v) is 3.25. The Labute approximate surface area is 82.0 Å². The molecule has 0 N–H and O–H groups in total. The van der Waals surface area contributed by atoms with Gasteiger partial charge in [0.15, 0.2) is 0 Å². The Hall–Kier alpha value is -0.700. The lowest BCUT2D eigenvalue weighted by atomic mass is 10.1. The van der Waals surface area contributed by atoms with Crippen LogP contribution in [0.4, 0.5) is 0 Å². The molecule has 0 radical (unpaired) electrons. The first-order chi connectivity index (χ1) is 6.27. The Bertz CT molecular complexity index is 314. The number of aryl methyl sites for hydroxylation is 1. The van der Waals surface area contributed by atoms with E-state index < -0.39 is 0 Å². The van der Waals surface area contributed by atoms with Crippen LogP contribution in [0.15, 0.2) is 5.51 Å². The Morgan fingerprint density at radius 2 is 2.46 bits per heavy atom. The van der Waals surface area contributed by atoms with Crippen LogP contribution in [0.5, 0.6) is 0 Å². The molecule has 1 aromatic rings. The van der Waals surface area contributed by atoms with Crippen molar-refractivity contribution in [1.82, 2.24) is 4.98 Å². The van der Waals surface area contributed by atoms with Gasteiger partial charge in [-0.05, 0) is 26.2 Å². The number of nitrogens with zero attached hydrogens (tertiary/aromatic N) is 1. The van der Waals surface area contributed by atoms with E-state index in [-0.39, 0.29) is 5.78 Å². The summed E-state index contributed by atoms with van der Waals surface area (Å²) in [4.78, 5) is 16.5. The first-order valence-electron chi connectivity index (χ1n) is 4.69. The average Bonchev–Trinajstić information content (AvgIpc) is 2.82. The second-order valence-electron chi connectivity index (χ2n) is 3.64.